The maximum Gasteiger partial charge on any atom is 0.490 e. The van der Waals surface area contributed by atoms with Crippen molar-refractivity contribution in [1.82, 2.24) is 14.5 Å². The number of methoxy groups -OCH3 is 1. The highest BCUT2D eigenvalue weighted by atomic mass is 32.2. The Labute approximate surface area is 220 Å². The van der Waals surface area contributed by atoms with Crippen molar-refractivity contribution < 1.29 is 41.0 Å². The van der Waals surface area contributed by atoms with Crippen molar-refractivity contribution in [2.24, 2.45) is 0 Å². The van der Waals surface area contributed by atoms with Crippen LogP contribution in [0, 0.1) is 13.8 Å². The predicted molar refractivity (Wildman–Crippen MR) is 134 cm³/mol. The average molecular weight is 560 g/mol. The Morgan fingerprint density at radius 2 is 1.71 bits per heavy atom. The van der Waals surface area contributed by atoms with Gasteiger partial charge in [-0.25, -0.2) is 13.2 Å². The molecule has 0 aliphatic carbocycles. The highest BCUT2D eigenvalue weighted by Gasteiger charge is 2.38. The van der Waals surface area contributed by atoms with E-state index >= 15 is 0 Å². The second-order valence-corrected chi connectivity index (χ2v) is 10.5. The molecule has 2 aromatic carbocycles. The van der Waals surface area contributed by atoms with Crippen LogP contribution < -0.4 is 10.1 Å². The molecule has 1 aliphatic heterocycles. The van der Waals surface area contributed by atoms with Crippen LogP contribution in [-0.4, -0.2) is 80.6 Å². The highest BCUT2D eigenvalue weighted by Crippen LogP contribution is 2.26. The molecular weight excluding hydrogens is 527 g/mol. The van der Waals surface area contributed by atoms with E-state index in [1.807, 2.05) is 43.3 Å². The van der Waals surface area contributed by atoms with Gasteiger partial charge in [-0.3, -0.25) is 4.79 Å². The number of hydrogen-bond donors (Lipinski definition) is 2. The van der Waals surface area contributed by atoms with Gasteiger partial charge in [0.05, 0.1) is 12.0 Å². The van der Waals surface area contributed by atoms with Crippen molar-refractivity contribution in [3.63, 3.8) is 0 Å². The number of para-hydroxylation sites is 1. The third-order valence-corrected chi connectivity index (χ3v) is 7.78. The van der Waals surface area contributed by atoms with Crippen molar-refractivity contribution in [2.75, 3.05) is 39.8 Å². The maximum absolute atomic E-state index is 13.6. The lowest BCUT2D eigenvalue weighted by Gasteiger charge is -2.29. The monoisotopic (exact) mass is 559 g/mol. The number of carboxylic acid groups (broad SMARTS) is 1. The molecular formula is C25H32F3N3O6S. The van der Waals surface area contributed by atoms with Gasteiger partial charge in [0, 0.05) is 51.3 Å². The third-order valence-electron chi connectivity index (χ3n) is 5.79. The summed E-state index contributed by atoms with van der Waals surface area (Å²) >= 11 is 0. The first-order valence-electron chi connectivity index (χ1n) is 11.7. The fourth-order valence-electron chi connectivity index (χ4n) is 3.72. The van der Waals surface area contributed by atoms with Crippen molar-refractivity contribution in [3.05, 3.63) is 59.2 Å². The molecule has 1 saturated heterocycles. The molecule has 3 rings (SSSR count). The van der Waals surface area contributed by atoms with Crippen LogP contribution >= 0.6 is 0 Å². The Hall–Kier alpha value is -3.16. The Kier molecular flexibility index (Phi) is 11.1. The summed E-state index contributed by atoms with van der Waals surface area (Å²) in [6, 6.07) is 12.8. The number of halogens is 3. The number of alkyl halides is 3. The van der Waals surface area contributed by atoms with Gasteiger partial charge in [-0.2, -0.15) is 17.5 Å². The van der Waals surface area contributed by atoms with E-state index in [-0.39, 0.29) is 30.3 Å². The number of aryl methyl sites for hydroxylation is 2. The average Bonchev–Trinajstić information content (AvgIpc) is 2.88. The quantitative estimate of drug-likeness (QED) is 0.511. The van der Waals surface area contributed by atoms with Crippen molar-refractivity contribution in [3.8, 4) is 5.75 Å². The molecule has 1 heterocycles. The Balaban J connectivity index is 0.000000638. The molecule has 13 heteroatoms. The minimum Gasteiger partial charge on any atom is -0.496 e. The summed E-state index contributed by atoms with van der Waals surface area (Å²) in [5.41, 5.74) is 2.32. The van der Waals surface area contributed by atoms with Crippen LogP contribution in [0.4, 0.5) is 13.2 Å². The molecule has 0 unspecified atom stereocenters. The Morgan fingerprint density at radius 1 is 1.11 bits per heavy atom. The number of piperazine rings is 1. The summed E-state index contributed by atoms with van der Waals surface area (Å²) in [6.07, 6.45) is -4.95. The summed E-state index contributed by atoms with van der Waals surface area (Å²) < 4.78 is 65.9. The number of rotatable bonds is 8. The van der Waals surface area contributed by atoms with Gasteiger partial charge in [-0.05, 0) is 37.1 Å². The normalized spacial score (nSPS) is 14.0. The van der Waals surface area contributed by atoms with Gasteiger partial charge in [-0.1, -0.05) is 30.3 Å². The van der Waals surface area contributed by atoms with Crippen molar-refractivity contribution in [2.45, 2.75) is 37.9 Å². The first-order valence-corrected chi connectivity index (χ1v) is 13.2. The molecule has 1 fully saturated rings. The number of carbonyl (C=O) groups is 2. The standard InChI is InChI=1S/C23H31N3O4S.C2HF3O2/c1-18-8-9-19(2)22(16-18)31(28,29)26(17-20-6-4-5-7-21(20)30-3)13-10-23(27)25-14-11-24-12-15-25;3-2(4,5)1(6)7/h4-9,16,24H,10-15,17H2,1-3H3;(H,6,7). The first kappa shape index (κ1) is 31.1. The molecule has 9 nitrogen and oxygen atoms in total. The van der Waals surface area contributed by atoms with Gasteiger partial charge >= 0.3 is 12.1 Å². The number of carboxylic acids is 1. The second-order valence-electron chi connectivity index (χ2n) is 8.60. The summed E-state index contributed by atoms with van der Waals surface area (Å²) in [5.74, 6) is -2.16. The minimum atomic E-state index is -5.08. The maximum atomic E-state index is 13.6. The van der Waals surface area contributed by atoms with E-state index < -0.39 is 22.2 Å². The molecule has 38 heavy (non-hydrogen) atoms. The molecule has 0 aromatic heterocycles. The SMILES string of the molecule is COc1ccccc1CN(CCC(=O)N1CCNCC1)S(=O)(=O)c1cc(C)ccc1C.O=C(O)C(F)(F)F. The van der Waals surface area contributed by atoms with Crippen LogP contribution in [0.5, 0.6) is 5.75 Å². The van der Waals surface area contributed by atoms with E-state index in [0.717, 1.165) is 24.2 Å². The second kappa shape index (κ2) is 13.6. The number of hydrogen-bond acceptors (Lipinski definition) is 6. The van der Waals surface area contributed by atoms with Crippen molar-refractivity contribution >= 4 is 21.9 Å². The number of benzene rings is 2. The van der Waals surface area contributed by atoms with Crippen LogP contribution in [0.2, 0.25) is 0 Å². The van der Waals surface area contributed by atoms with E-state index in [4.69, 9.17) is 14.6 Å². The van der Waals surface area contributed by atoms with E-state index in [9.17, 15) is 26.4 Å². The number of amides is 1. The first-order chi connectivity index (χ1) is 17.8. The van der Waals surface area contributed by atoms with Gasteiger partial charge in [-0.15, -0.1) is 0 Å². The smallest absolute Gasteiger partial charge is 0.490 e. The fourth-order valence-corrected chi connectivity index (χ4v) is 5.45. The molecule has 1 amide bonds. The van der Waals surface area contributed by atoms with Crippen LogP contribution in [0.3, 0.4) is 0 Å². The third kappa shape index (κ3) is 8.71. The molecule has 0 radical (unpaired) electrons. The lowest BCUT2D eigenvalue weighted by atomic mass is 10.2. The molecule has 1 aliphatic rings. The van der Waals surface area contributed by atoms with Crippen LogP contribution in [-0.2, 0) is 26.2 Å². The molecule has 0 saturated carbocycles. The van der Waals surface area contributed by atoms with Gasteiger partial charge in [0.2, 0.25) is 15.9 Å². The van der Waals surface area contributed by atoms with Gasteiger partial charge in [0.25, 0.3) is 0 Å². The van der Waals surface area contributed by atoms with Gasteiger partial charge in [0.15, 0.2) is 0 Å². The topological polar surface area (TPSA) is 116 Å². The summed E-state index contributed by atoms with van der Waals surface area (Å²) in [5, 5.41) is 10.3. The lowest BCUT2D eigenvalue weighted by Crippen LogP contribution is -2.47. The molecule has 0 spiro atoms. The van der Waals surface area contributed by atoms with Crippen LogP contribution in [0.25, 0.3) is 0 Å². The van der Waals surface area contributed by atoms with E-state index in [2.05, 4.69) is 5.32 Å². The summed E-state index contributed by atoms with van der Waals surface area (Å²) in [6.45, 7) is 6.72. The van der Waals surface area contributed by atoms with Crippen molar-refractivity contribution in [1.29, 1.82) is 0 Å². The minimum absolute atomic E-state index is 0.0253. The van der Waals surface area contributed by atoms with E-state index in [0.29, 0.717) is 24.4 Å². The zero-order chi connectivity index (χ0) is 28.5. The molecule has 0 bridgehead atoms. The van der Waals surface area contributed by atoms with Gasteiger partial charge < -0.3 is 20.1 Å². The fraction of sp³-hybridized carbons (Fsp3) is 0.440. The zero-order valence-corrected chi connectivity index (χ0v) is 22.2. The lowest BCUT2D eigenvalue weighted by molar-refractivity contribution is -0.192. The van der Waals surface area contributed by atoms with Crippen LogP contribution in [0.15, 0.2) is 47.4 Å². The Morgan fingerprint density at radius 3 is 2.29 bits per heavy atom. The molecule has 2 N–H and O–H groups in total. The van der Waals surface area contributed by atoms with Gasteiger partial charge in [0.1, 0.15) is 5.75 Å². The number of carbonyl (C=O) groups excluding carboxylic acids is 1. The summed E-state index contributed by atoms with van der Waals surface area (Å²) in [7, 11) is -2.24. The zero-order valence-electron chi connectivity index (χ0n) is 21.4. The predicted octanol–water partition coefficient (Wildman–Crippen LogP) is 2.96. The highest BCUT2D eigenvalue weighted by molar-refractivity contribution is 7.89. The number of aliphatic carboxylic acids is 1. The molecule has 210 valence electrons. The Bertz CT molecular complexity index is 1220. The summed E-state index contributed by atoms with van der Waals surface area (Å²) in [4.78, 5) is 23.7. The van der Waals surface area contributed by atoms with E-state index in [1.54, 1.807) is 25.0 Å². The van der Waals surface area contributed by atoms with E-state index in [1.165, 1.54) is 4.31 Å². The number of sulfonamides is 1. The number of nitrogens with one attached hydrogen (secondary N) is 1. The van der Waals surface area contributed by atoms with Crippen LogP contribution in [0.1, 0.15) is 23.1 Å². The molecule has 0 atom stereocenters. The molecule has 2 aromatic rings. The largest absolute Gasteiger partial charge is 0.496 e. The number of ether oxygens (including phenoxy) is 1. The number of nitrogens with zero attached hydrogens (tertiary/aromatic N) is 2.